The van der Waals surface area contributed by atoms with Gasteiger partial charge in [-0.25, -0.2) is 14.2 Å². The lowest BCUT2D eigenvalue weighted by Gasteiger charge is -2.03. The molecule has 0 fully saturated rings. The average Bonchev–Trinajstić information content (AvgIpc) is 3.16. The van der Waals surface area contributed by atoms with Gasteiger partial charge in [-0.1, -0.05) is 18.2 Å². The van der Waals surface area contributed by atoms with Crippen molar-refractivity contribution in [3.8, 4) is 0 Å². The minimum atomic E-state index is -0.812. The summed E-state index contributed by atoms with van der Waals surface area (Å²) in [5.74, 6) is -1.57. The molecule has 3 aromatic rings. The van der Waals surface area contributed by atoms with Crippen LogP contribution in [0.2, 0.25) is 0 Å². The quantitative estimate of drug-likeness (QED) is 0.329. The minimum absolute atomic E-state index is 0.0370. The van der Waals surface area contributed by atoms with Crippen LogP contribution in [-0.2, 0) is 22.4 Å². The van der Waals surface area contributed by atoms with E-state index in [0.717, 1.165) is 5.56 Å². The van der Waals surface area contributed by atoms with Gasteiger partial charge in [0.1, 0.15) is 28.7 Å². The largest absolute Gasteiger partial charge is 0.465 e. The van der Waals surface area contributed by atoms with E-state index in [2.05, 4.69) is 4.98 Å². The van der Waals surface area contributed by atoms with Crippen LogP contribution in [0.3, 0.4) is 0 Å². The Bertz CT molecular complexity index is 1040. The molecule has 0 N–H and O–H groups in total. The Labute approximate surface area is 166 Å². The highest BCUT2D eigenvalue weighted by Gasteiger charge is 2.21. The first kappa shape index (κ1) is 20.1. The molecule has 0 unspecified atom stereocenters. The van der Waals surface area contributed by atoms with E-state index in [1.807, 2.05) is 0 Å². The van der Waals surface area contributed by atoms with Gasteiger partial charge in [0.05, 0.1) is 13.0 Å². The number of esters is 1. The smallest absolute Gasteiger partial charge is 0.356 e. The van der Waals surface area contributed by atoms with Crippen LogP contribution in [0, 0.1) is 5.82 Å². The molecule has 148 valence electrons. The number of carbonyl (C=O) groups excluding carboxylic acids is 3. The Morgan fingerprint density at radius 1 is 0.966 bits per heavy atom. The molecule has 0 radical (unpaired) electrons. The molecule has 0 saturated carbocycles. The van der Waals surface area contributed by atoms with Crippen LogP contribution in [0.1, 0.15) is 45.0 Å². The lowest BCUT2D eigenvalue weighted by atomic mass is 10.1. The van der Waals surface area contributed by atoms with E-state index in [1.165, 1.54) is 30.3 Å². The van der Waals surface area contributed by atoms with Gasteiger partial charge in [0.15, 0.2) is 0 Å². The van der Waals surface area contributed by atoms with Crippen molar-refractivity contribution >= 4 is 17.5 Å². The first-order valence-corrected chi connectivity index (χ1v) is 9.00. The topological polar surface area (TPSA) is 86.5 Å². The van der Waals surface area contributed by atoms with Gasteiger partial charge in [0.25, 0.3) is 0 Å². The average molecular weight is 395 g/mol. The van der Waals surface area contributed by atoms with Crippen molar-refractivity contribution in [1.29, 1.82) is 0 Å². The monoisotopic (exact) mass is 395 g/mol. The predicted molar refractivity (Wildman–Crippen MR) is 101 cm³/mol. The maximum atomic E-state index is 13.0. The lowest BCUT2D eigenvalue weighted by Crippen LogP contribution is -2.19. The molecule has 3 rings (SSSR count). The van der Waals surface area contributed by atoms with Crippen LogP contribution in [0.4, 0.5) is 4.39 Å². The molecule has 0 aliphatic rings. The molecule has 0 amide bonds. The highest BCUT2D eigenvalue weighted by molar-refractivity contribution is 6.43. The van der Waals surface area contributed by atoms with Crippen LogP contribution in [-0.4, -0.2) is 29.1 Å². The van der Waals surface area contributed by atoms with E-state index in [1.54, 1.807) is 31.2 Å². The van der Waals surface area contributed by atoms with Gasteiger partial charge in [-0.3, -0.25) is 9.59 Å². The number of ketones is 2. The summed E-state index contributed by atoms with van der Waals surface area (Å²) in [6.07, 6.45) is 0.207. The van der Waals surface area contributed by atoms with Crippen molar-refractivity contribution < 1.29 is 27.9 Å². The number of aromatic nitrogens is 1. The Hall–Kier alpha value is -3.61. The van der Waals surface area contributed by atoms with Crippen LogP contribution in [0.5, 0.6) is 0 Å². The van der Waals surface area contributed by atoms with Gasteiger partial charge >= 0.3 is 5.97 Å². The summed E-state index contributed by atoms with van der Waals surface area (Å²) in [5.41, 5.74) is 0.693. The number of hydrogen-bond acceptors (Lipinski definition) is 6. The summed E-state index contributed by atoms with van der Waals surface area (Å²) in [4.78, 5) is 40.3. The Kier molecular flexibility index (Phi) is 6.29. The van der Waals surface area contributed by atoms with Crippen LogP contribution in [0.25, 0.3) is 0 Å². The highest BCUT2D eigenvalue weighted by Crippen LogP contribution is 2.15. The molecule has 0 spiro atoms. The van der Waals surface area contributed by atoms with Crippen molar-refractivity contribution in [3.63, 3.8) is 0 Å². The predicted octanol–water partition coefficient (Wildman–Crippen LogP) is 3.58. The fourth-order valence-corrected chi connectivity index (χ4v) is 2.68. The van der Waals surface area contributed by atoms with Crippen LogP contribution >= 0.6 is 0 Å². The summed E-state index contributed by atoms with van der Waals surface area (Å²) in [7, 11) is 0. The second kappa shape index (κ2) is 9.05. The molecule has 29 heavy (non-hydrogen) atoms. The number of furan rings is 1. The Balaban J connectivity index is 1.65. The standard InChI is InChI=1S/C22H18FNO5/c1-2-28-22(27)19-5-3-4-18(24-19)21(26)20(25)13-17-11-10-16(29-17)12-14-6-8-15(23)9-7-14/h3-11H,2,12-13H2,1H3. The number of pyridine rings is 1. The zero-order chi connectivity index (χ0) is 20.8. The number of carbonyl (C=O) groups is 3. The Morgan fingerprint density at radius 3 is 2.38 bits per heavy atom. The zero-order valence-electron chi connectivity index (χ0n) is 15.7. The van der Waals surface area contributed by atoms with Crippen molar-refractivity contribution in [2.75, 3.05) is 6.61 Å². The fraction of sp³-hybridized carbons (Fsp3) is 0.182. The first-order valence-electron chi connectivity index (χ1n) is 9.00. The molecule has 0 bridgehead atoms. The fourth-order valence-electron chi connectivity index (χ4n) is 2.68. The molecular formula is C22H18FNO5. The van der Waals surface area contributed by atoms with E-state index >= 15 is 0 Å². The maximum absolute atomic E-state index is 13.0. The van der Waals surface area contributed by atoms with E-state index < -0.39 is 17.5 Å². The van der Waals surface area contributed by atoms with Gasteiger partial charge in [0.2, 0.25) is 11.6 Å². The van der Waals surface area contributed by atoms with E-state index in [4.69, 9.17) is 9.15 Å². The molecule has 2 heterocycles. The third kappa shape index (κ3) is 5.22. The molecule has 6 nitrogen and oxygen atoms in total. The summed E-state index contributed by atoms with van der Waals surface area (Å²) in [6.45, 7) is 1.83. The minimum Gasteiger partial charge on any atom is -0.465 e. The molecule has 1 aromatic carbocycles. The van der Waals surface area contributed by atoms with Gasteiger partial charge in [-0.05, 0) is 48.9 Å². The number of nitrogens with zero attached hydrogens (tertiary/aromatic N) is 1. The molecule has 0 saturated heterocycles. The third-order valence-electron chi connectivity index (χ3n) is 4.06. The first-order chi connectivity index (χ1) is 14.0. The molecule has 7 heteroatoms. The number of halogens is 1. The van der Waals surface area contributed by atoms with Gasteiger partial charge in [-0.15, -0.1) is 0 Å². The zero-order valence-corrected chi connectivity index (χ0v) is 15.7. The van der Waals surface area contributed by atoms with Crippen molar-refractivity contribution in [2.45, 2.75) is 19.8 Å². The van der Waals surface area contributed by atoms with Crippen molar-refractivity contribution in [1.82, 2.24) is 4.98 Å². The molecule has 0 aliphatic carbocycles. The van der Waals surface area contributed by atoms with Gasteiger partial charge < -0.3 is 9.15 Å². The van der Waals surface area contributed by atoms with Crippen molar-refractivity contribution in [3.05, 3.63) is 88.9 Å². The van der Waals surface area contributed by atoms with Gasteiger partial charge in [0, 0.05) is 6.42 Å². The summed E-state index contributed by atoms with van der Waals surface area (Å²) in [5, 5.41) is 0. The molecule has 0 aliphatic heterocycles. The third-order valence-corrected chi connectivity index (χ3v) is 4.06. The van der Waals surface area contributed by atoms with Crippen molar-refractivity contribution in [2.24, 2.45) is 0 Å². The number of hydrogen-bond donors (Lipinski definition) is 0. The normalized spacial score (nSPS) is 10.6. The SMILES string of the molecule is CCOC(=O)c1cccc(C(=O)C(=O)Cc2ccc(Cc3ccc(F)cc3)o2)n1. The molecule has 2 aromatic heterocycles. The van der Waals surface area contributed by atoms with E-state index in [-0.39, 0.29) is 30.2 Å². The molecule has 0 atom stereocenters. The van der Waals surface area contributed by atoms with Crippen LogP contribution < -0.4 is 0 Å². The Morgan fingerprint density at radius 2 is 1.66 bits per heavy atom. The number of Topliss-reactive ketones (excluding diaryl/α,β-unsaturated/α-hetero) is 2. The lowest BCUT2D eigenvalue weighted by molar-refractivity contribution is -0.114. The molecular weight excluding hydrogens is 377 g/mol. The maximum Gasteiger partial charge on any atom is 0.356 e. The second-order valence-electron chi connectivity index (χ2n) is 6.23. The van der Waals surface area contributed by atoms with Gasteiger partial charge in [-0.2, -0.15) is 0 Å². The second-order valence-corrected chi connectivity index (χ2v) is 6.23. The summed E-state index contributed by atoms with van der Waals surface area (Å²) >= 11 is 0. The van der Waals surface area contributed by atoms with Crippen LogP contribution in [0.15, 0.2) is 59.0 Å². The summed E-state index contributed by atoms with van der Waals surface area (Å²) in [6, 6.07) is 13.6. The number of ether oxygens (including phenoxy) is 1. The van der Waals surface area contributed by atoms with E-state index in [9.17, 15) is 18.8 Å². The van der Waals surface area contributed by atoms with E-state index in [0.29, 0.717) is 17.9 Å². The highest BCUT2D eigenvalue weighted by atomic mass is 19.1. The number of benzene rings is 1. The number of rotatable bonds is 8. The summed E-state index contributed by atoms with van der Waals surface area (Å²) < 4.78 is 23.4.